The van der Waals surface area contributed by atoms with Crippen LogP contribution in [0.5, 0.6) is 5.75 Å². The topological polar surface area (TPSA) is 123 Å². The monoisotopic (exact) mass is 640 g/mol. The minimum atomic E-state index is -0.507. The summed E-state index contributed by atoms with van der Waals surface area (Å²) in [5.41, 5.74) is 7.92. The van der Waals surface area contributed by atoms with Gasteiger partial charge in [0.2, 0.25) is 5.95 Å². The molecule has 2 aromatic heterocycles. The van der Waals surface area contributed by atoms with E-state index in [0.717, 1.165) is 17.7 Å². The number of halogens is 2. The molecule has 1 saturated heterocycles. The maximum absolute atomic E-state index is 14.5. The van der Waals surface area contributed by atoms with Crippen molar-refractivity contribution in [2.24, 2.45) is 0 Å². The van der Waals surface area contributed by atoms with Crippen molar-refractivity contribution in [3.63, 3.8) is 0 Å². The molecule has 1 amide bonds. The molecule has 2 aliphatic heterocycles. The van der Waals surface area contributed by atoms with E-state index in [2.05, 4.69) is 9.97 Å². The molecule has 5 aromatic rings. The second kappa shape index (κ2) is 11.6. The number of nitrogens with zero attached hydrogens (tertiary/aromatic N) is 7. The third kappa shape index (κ3) is 5.04. The van der Waals surface area contributed by atoms with E-state index in [1.54, 1.807) is 43.3 Å². The maximum atomic E-state index is 14.5. The normalized spacial score (nSPS) is 16.3. The lowest BCUT2D eigenvalue weighted by Gasteiger charge is -2.38. The van der Waals surface area contributed by atoms with Gasteiger partial charge < -0.3 is 25.2 Å². The predicted octanol–water partition coefficient (Wildman–Crippen LogP) is 4.95. The average molecular weight is 641 g/mol. The van der Waals surface area contributed by atoms with Crippen molar-refractivity contribution in [3.05, 3.63) is 105 Å². The highest BCUT2D eigenvalue weighted by atomic mass is 35.5. The summed E-state index contributed by atoms with van der Waals surface area (Å²) in [6, 6.07) is 18.0. The number of amides is 1. The van der Waals surface area contributed by atoms with Crippen LogP contribution in [0.3, 0.4) is 0 Å². The highest BCUT2D eigenvalue weighted by molar-refractivity contribution is 6.35. The third-order valence-electron chi connectivity index (χ3n) is 8.43. The summed E-state index contributed by atoms with van der Waals surface area (Å²) in [7, 11) is 3.34. The summed E-state index contributed by atoms with van der Waals surface area (Å²) in [5, 5.41) is 0.481. The van der Waals surface area contributed by atoms with Crippen LogP contribution in [0.2, 0.25) is 5.02 Å². The van der Waals surface area contributed by atoms with Crippen molar-refractivity contribution >= 4 is 46.0 Å². The molecule has 7 rings (SSSR count). The number of rotatable bonds is 6. The molecular formula is C33H30ClFN8O3. The van der Waals surface area contributed by atoms with E-state index in [4.69, 9.17) is 27.1 Å². The van der Waals surface area contributed by atoms with E-state index < -0.39 is 17.4 Å². The summed E-state index contributed by atoms with van der Waals surface area (Å²) < 4.78 is 21.2. The van der Waals surface area contributed by atoms with Gasteiger partial charge >= 0.3 is 0 Å². The van der Waals surface area contributed by atoms with Crippen LogP contribution in [-0.2, 0) is 6.54 Å². The van der Waals surface area contributed by atoms with E-state index >= 15 is 0 Å². The lowest BCUT2D eigenvalue weighted by atomic mass is 10.1. The van der Waals surface area contributed by atoms with Crippen LogP contribution < -0.4 is 25.8 Å². The zero-order valence-electron chi connectivity index (χ0n) is 25.2. The number of aromatic nitrogens is 4. The minimum Gasteiger partial charge on any atom is -0.497 e. The van der Waals surface area contributed by atoms with Crippen LogP contribution in [0.4, 0.5) is 22.0 Å². The van der Waals surface area contributed by atoms with E-state index in [1.807, 2.05) is 34.1 Å². The summed E-state index contributed by atoms with van der Waals surface area (Å²) in [4.78, 5) is 47.6. The number of fused-ring (bicyclic) bond motifs is 2. The van der Waals surface area contributed by atoms with Crippen LogP contribution in [-0.4, -0.2) is 57.7 Å². The molecule has 1 fully saturated rings. The summed E-state index contributed by atoms with van der Waals surface area (Å²) >= 11 is 6.48. The van der Waals surface area contributed by atoms with Crippen LogP contribution in [0, 0.1) is 5.82 Å². The van der Waals surface area contributed by atoms with Crippen molar-refractivity contribution in [2.45, 2.75) is 25.4 Å². The third-order valence-corrected chi connectivity index (χ3v) is 8.74. The standard InChI is InChI=1S/C33H30ClFN8O3/c1-40-18-41(17-19-11-13-22(46-2)14-12-19)29-27(31(40)44)30(39-33(36)38-29)42-15-5-10-25(42)28-37-24-9-4-8-23(34)26(24)32(45)43(28)21-7-3-6-20(35)16-21/h3-4,6-9,11-14,16,25H,5,10,15,17-18H2,1-2H3,(H2,36,38,39)/t25-/m0/s1. The number of carbonyl (C=O) groups excluding carboxylic acids is 1. The Labute approximate surface area is 268 Å². The SMILES string of the molecule is COc1ccc(CN2CN(C)C(=O)c3c2nc(N)nc3N2CCC[C@H]2c2nc3cccc(Cl)c3c(=O)n2-c2cccc(F)c2)cc1. The van der Waals surface area contributed by atoms with E-state index in [1.165, 1.54) is 22.8 Å². The number of hydrogen-bond acceptors (Lipinski definition) is 9. The van der Waals surface area contributed by atoms with Gasteiger partial charge in [-0.25, -0.2) is 9.37 Å². The number of hydrogen-bond donors (Lipinski definition) is 1. The Morgan fingerprint density at radius 3 is 2.54 bits per heavy atom. The molecule has 0 spiro atoms. The Bertz CT molecular complexity index is 2050. The van der Waals surface area contributed by atoms with Gasteiger partial charge in [0.05, 0.1) is 41.4 Å². The van der Waals surface area contributed by atoms with Crippen molar-refractivity contribution in [1.82, 2.24) is 24.4 Å². The van der Waals surface area contributed by atoms with Gasteiger partial charge in [0.15, 0.2) is 5.82 Å². The molecule has 0 unspecified atom stereocenters. The predicted molar refractivity (Wildman–Crippen MR) is 174 cm³/mol. The van der Waals surface area contributed by atoms with Gasteiger partial charge in [0.25, 0.3) is 11.5 Å². The van der Waals surface area contributed by atoms with Crippen LogP contribution in [0.15, 0.2) is 71.5 Å². The molecule has 11 nitrogen and oxygen atoms in total. The van der Waals surface area contributed by atoms with Gasteiger partial charge in [-0.05, 0) is 60.9 Å². The van der Waals surface area contributed by atoms with Gasteiger partial charge in [-0.2, -0.15) is 9.97 Å². The van der Waals surface area contributed by atoms with E-state index in [9.17, 15) is 14.0 Å². The maximum Gasteiger partial charge on any atom is 0.267 e. The Hall–Kier alpha value is -5.23. The number of anilines is 3. The van der Waals surface area contributed by atoms with Gasteiger partial charge in [0.1, 0.15) is 28.8 Å². The van der Waals surface area contributed by atoms with Crippen molar-refractivity contribution in [3.8, 4) is 11.4 Å². The highest BCUT2D eigenvalue weighted by Gasteiger charge is 2.39. The lowest BCUT2D eigenvalue weighted by Crippen LogP contribution is -2.46. The number of methoxy groups -OCH3 is 1. The zero-order chi connectivity index (χ0) is 32.1. The highest BCUT2D eigenvalue weighted by Crippen LogP contribution is 2.41. The largest absolute Gasteiger partial charge is 0.497 e. The number of nitrogen functional groups attached to an aromatic ring is 1. The summed E-state index contributed by atoms with van der Waals surface area (Å²) in [6.45, 7) is 1.26. The van der Waals surface area contributed by atoms with E-state index in [-0.39, 0.29) is 22.3 Å². The molecule has 2 N–H and O–H groups in total. The Balaban J connectivity index is 1.38. The fourth-order valence-electron chi connectivity index (χ4n) is 6.32. The zero-order valence-corrected chi connectivity index (χ0v) is 25.9. The number of carbonyl (C=O) groups is 1. The first-order chi connectivity index (χ1) is 22.2. The van der Waals surface area contributed by atoms with E-state index in [0.29, 0.717) is 60.4 Å². The van der Waals surface area contributed by atoms with Gasteiger partial charge in [-0.15, -0.1) is 0 Å². The molecule has 0 aliphatic carbocycles. The molecule has 0 bridgehead atoms. The smallest absolute Gasteiger partial charge is 0.267 e. The number of ether oxygens (including phenoxy) is 1. The first-order valence-corrected chi connectivity index (χ1v) is 15.2. The molecule has 0 saturated carbocycles. The van der Waals surface area contributed by atoms with Crippen LogP contribution in [0.25, 0.3) is 16.6 Å². The molecule has 234 valence electrons. The van der Waals surface area contributed by atoms with Gasteiger partial charge in [0, 0.05) is 20.1 Å². The lowest BCUT2D eigenvalue weighted by molar-refractivity contribution is 0.0780. The fourth-order valence-corrected chi connectivity index (χ4v) is 6.57. The average Bonchev–Trinajstić information content (AvgIpc) is 3.53. The number of benzene rings is 3. The Morgan fingerprint density at radius 1 is 1.02 bits per heavy atom. The molecular weight excluding hydrogens is 611 g/mol. The van der Waals surface area contributed by atoms with Crippen molar-refractivity contribution in [2.75, 3.05) is 42.9 Å². The van der Waals surface area contributed by atoms with Gasteiger partial charge in [-0.3, -0.25) is 14.2 Å². The quantitative estimate of drug-likeness (QED) is 0.275. The fraction of sp³-hybridized carbons (Fsp3) is 0.242. The minimum absolute atomic E-state index is 0.0113. The summed E-state index contributed by atoms with van der Waals surface area (Å²) in [6.07, 6.45) is 1.31. The van der Waals surface area contributed by atoms with Gasteiger partial charge in [-0.1, -0.05) is 35.9 Å². The summed E-state index contributed by atoms with van der Waals surface area (Å²) in [5.74, 6) is 1.16. The molecule has 3 aromatic carbocycles. The van der Waals surface area contributed by atoms with Crippen LogP contribution >= 0.6 is 11.6 Å². The molecule has 2 aliphatic rings. The first-order valence-electron chi connectivity index (χ1n) is 14.8. The second-order valence-corrected chi connectivity index (χ2v) is 11.8. The van der Waals surface area contributed by atoms with Crippen molar-refractivity contribution in [1.29, 1.82) is 0 Å². The van der Waals surface area contributed by atoms with Crippen LogP contribution in [0.1, 0.15) is 40.6 Å². The molecule has 0 radical (unpaired) electrons. The Morgan fingerprint density at radius 2 is 1.78 bits per heavy atom. The molecule has 4 heterocycles. The molecule has 13 heteroatoms. The molecule has 46 heavy (non-hydrogen) atoms. The number of nitrogens with two attached hydrogens (primary N) is 1. The van der Waals surface area contributed by atoms with Crippen molar-refractivity contribution < 1.29 is 13.9 Å². The Kier molecular flexibility index (Phi) is 7.44. The first kappa shape index (κ1) is 29.5. The molecule has 1 atom stereocenters. The second-order valence-electron chi connectivity index (χ2n) is 11.4.